The lowest BCUT2D eigenvalue weighted by atomic mass is 10.1. The smallest absolute Gasteiger partial charge is 0.341 e. The van der Waals surface area contributed by atoms with Crippen LogP contribution < -0.4 is 15.6 Å². The number of esters is 1. The molecule has 3 heterocycles. The Bertz CT molecular complexity index is 1460. The molecule has 0 bridgehead atoms. The fourth-order valence-corrected chi connectivity index (χ4v) is 4.31. The molecule has 0 spiro atoms. The molecule has 38 heavy (non-hydrogen) atoms. The zero-order valence-corrected chi connectivity index (χ0v) is 21.7. The van der Waals surface area contributed by atoms with E-state index in [9.17, 15) is 24.3 Å². The summed E-state index contributed by atoms with van der Waals surface area (Å²) in [5, 5.41) is 12.5. The number of piperazine rings is 1. The number of rotatable bonds is 6. The first-order valence-electron chi connectivity index (χ1n) is 12.0. The van der Waals surface area contributed by atoms with Gasteiger partial charge in [0.1, 0.15) is 11.2 Å². The molecule has 0 radical (unpaired) electrons. The van der Waals surface area contributed by atoms with Crippen molar-refractivity contribution in [3.05, 3.63) is 63.6 Å². The number of aromatic carboxylic acids is 1. The number of nitrogens with zero attached hydrogens (tertiary/aromatic N) is 5. The van der Waals surface area contributed by atoms with Crippen LogP contribution in [0, 0.1) is 0 Å². The number of carboxylic acids is 1. The number of pyridine rings is 1. The van der Waals surface area contributed by atoms with Gasteiger partial charge in [0.25, 0.3) is 5.91 Å². The molecule has 0 unspecified atom stereocenters. The van der Waals surface area contributed by atoms with E-state index in [0.29, 0.717) is 55.4 Å². The predicted octanol–water partition coefficient (Wildman–Crippen LogP) is 1.52. The number of carbonyl (C=O) groups excluding carboxylic acids is 2. The summed E-state index contributed by atoms with van der Waals surface area (Å²) in [5.74, 6) is -1.72. The number of carbonyl (C=O) groups is 3. The fraction of sp³-hybridized carbons (Fsp3) is 0.320. The summed E-state index contributed by atoms with van der Waals surface area (Å²) in [5.41, 5.74) is 0.139. The van der Waals surface area contributed by atoms with Crippen LogP contribution in [-0.2, 0) is 11.3 Å². The summed E-state index contributed by atoms with van der Waals surface area (Å²) in [6, 6.07) is 6.13. The Morgan fingerprint density at radius 2 is 1.74 bits per heavy atom. The fourth-order valence-electron chi connectivity index (χ4n) is 4.04. The number of fused-ring (bicyclic) bond motifs is 1. The van der Waals surface area contributed by atoms with Gasteiger partial charge in [-0.15, -0.1) is 0 Å². The highest BCUT2D eigenvalue weighted by Gasteiger charge is 2.23. The highest BCUT2D eigenvalue weighted by Crippen LogP contribution is 2.16. The maximum absolute atomic E-state index is 12.6. The maximum Gasteiger partial charge on any atom is 0.341 e. The second-order valence-electron chi connectivity index (χ2n) is 8.40. The van der Waals surface area contributed by atoms with E-state index < -0.39 is 17.4 Å². The van der Waals surface area contributed by atoms with E-state index in [1.165, 1.54) is 36.7 Å². The quantitative estimate of drug-likeness (QED) is 0.348. The predicted molar refractivity (Wildman–Crippen MR) is 143 cm³/mol. The number of anilines is 1. The van der Waals surface area contributed by atoms with Crippen molar-refractivity contribution >= 4 is 52.2 Å². The maximum atomic E-state index is 12.6. The molecule has 1 aliphatic heterocycles. The average molecular weight is 539 g/mol. The van der Waals surface area contributed by atoms with E-state index in [-0.39, 0.29) is 28.6 Å². The van der Waals surface area contributed by atoms with Crippen LogP contribution in [0.3, 0.4) is 0 Å². The second-order valence-corrected chi connectivity index (χ2v) is 8.79. The molecule has 1 saturated heterocycles. The minimum absolute atomic E-state index is 0.147. The van der Waals surface area contributed by atoms with Gasteiger partial charge in [0.05, 0.1) is 17.6 Å². The first kappa shape index (κ1) is 26.7. The molecular formula is C25H26N6O6S. The Labute approximate surface area is 222 Å². The monoisotopic (exact) mass is 538 g/mol. The van der Waals surface area contributed by atoms with Crippen molar-refractivity contribution in [1.29, 1.82) is 0 Å². The Morgan fingerprint density at radius 3 is 2.34 bits per heavy atom. The van der Waals surface area contributed by atoms with Gasteiger partial charge >= 0.3 is 11.9 Å². The topological polar surface area (TPSA) is 147 Å². The molecule has 1 aliphatic rings. The van der Waals surface area contributed by atoms with Crippen LogP contribution in [0.1, 0.15) is 44.9 Å². The van der Waals surface area contributed by atoms with Gasteiger partial charge in [0, 0.05) is 50.7 Å². The average Bonchev–Trinajstić information content (AvgIpc) is 2.93. The Balaban J connectivity index is 1.40. The molecule has 0 atom stereocenters. The van der Waals surface area contributed by atoms with E-state index >= 15 is 0 Å². The molecule has 2 aromatic heterocycles. The van der Waals surface area contributed by atoms with Crippen LogP contribution in [0.5, 0.6) is 0 Å². The summed E-state index contributed by atoms with van der Waals surface area (Å²) < 4.78 is 6.56. The zero-order chi connectivity index (χ0) is 27.4. The lowest BCUT2D eigenvalue weighted by Crippen LogP contribution is -2.53. The Morgan fingerprint density at radius 1 is 1.08 bits per heavy atom. The number of hydrogen-bond donors (Lipinski definition) is 2. The van der Waals surface area contributed by atoms with Gasteiger partial charge in [-0.25, -0.2) is 14.6 Å². The Kier molecular flexibility index (Phi) is 7.96. The zero-order valence-electron chi connectivity index (χ0n) is 20.8. The van der Waals surface area contributed by atoms with Crippen LogP contribution in [-0.4, -0.2) is 80.3 Å². The molecular weight excluding hydrogens is 512 g/mol. The Hall–Kier alpha value is -4.39. The molecule has 2 N–H and O–H groups in total. The third-order valence-corrected chi connectivity index (χ3v) is 6.46. The summed E-state index contributed by atoms with van der Waals surface area (Å²) in [6.07, 6.45) is 2.66. The highest BCUT2D eigenvalue weighted by atomic mass is 32.1. The SMILES string of the molecule is CCOC(=O)c1ccc(C(=O)NC(=S)N2CCN(c3ncc4c(=O)c(C(=O)O)cn(CC)c4n3)CC2)cc1. The van der Waals surface area contributed by atoms with Crippen LogP contribution >= 0.6 is 12.2 Å². The van der Waals surface area contributed by atoms with Crippen molar-refractivity contribution < 1.29 is 24.2 Å². The molecule has 13 heteroatoms. The molecule has 198 valence electrons. The van der Waals surface area contributed by atoms with Crippen molar-refractivity contribution in [3.8, 4) is 0 Å². The van der Waals surface area contributed by atoms with Gasteiger partial charge in [-0.3, -0.25) is 14.9 Å². The van der Waals surface area contributed by atoms with Gasteiger partial charge in [0.15, 0.2) is 5.11 Å². The first-order chi connectivity index (χ1) is 18.2. The van der Waals surface area contributed by atoms with Gasteiger partial charge in [-0.2, -0.15) is 4.98 Å². The molecule has 1 aromatic carbocycles. The number of carboxylic acid groups (broad SMARTS) is 1. The van der Waals surface area contributed by atoms with Crippen LogP contribution in [0.4, 0.5) is 5.95 Å². The van der Waals surface area contributed by atoms with Crippen molar-refractivity contribution in [3.63, 3.8) is 0 Å². The van der Waals surface area contributed by atoms with Gasteiger partial charge in [-0.05, 0) is 50.3 Å². The van der Waals surface area contributed by atoms with Crippen molar-refractivity contribution in [2.24, 2.45) is 0 Å². The molecule has 1 amide bonds. The minimum atomic E-state index is -1.30. The lowest BCUT2D eigenvalue weighted by Gasteiger charge is -2.36. The number of amides is 1. The molecule has 12 nitrogen and oxygen atoms in total. The minimum Gasteiger partial charge on any atom is -0.477 e. The van der Waals surface area contributed by atoms with E-state index in [1.807, 2.05) is 16.7 Å². The first-order valence-corrected chi connectivity index (χ1v) is 12.4. The molecule has 4 rings (SSSR count). The van der Waals surface area contributed by atoms with E-state index in [1.54, 1.807) is 11.5 Å². The number of benzene rings is 1. The standard InChI is InChI=1S/C25H26N6O6S/c1-3-29-14-18(22(34)35)19(32)17-13-26-24(27-20(17)29)30-9-11-31(12-10-30)25(38)28-21(33)15-5-7-16(8-6-15)23(36)37-4-2/h5-8,13-14H,3-4,9-12H2,1-2H3,(H,34,35)(H,28,33,38). The number of ether oxygens (including phenoxy) is 1. The van der Waals surface area contributed by atoms with Gasteiger partial charge in [-0.1, -0.05) is 0 Å². The normalized spacial score (nSPS) is 13.3. The van der Waals surface area contributed by atoms with Gasteiger partial charge in [0.2, 0.25) is 11.4 Å². The molecule has 0 aliphatic carbocycles. The van der Waals surface area contributed by atoms with Crippen molar-refractivity contribution in [2.45, 2.75) is 20.4 Å². The van der Waals surface area contributed by atoms with Crippen LogP contribution in [0.25, 0.3) is 11.0 Å². The van der Waals surface area contributed by atoms with Crippen molar-refractivity contribution in [2.75, 3.05) is 37.7 Å². The molecule has 0 saturated carbocycles. The highest BCUT2D eigenvalue weighted by molar-refractivity contribution is 7.80. The number of hydrogen-bond acceptors (Lipinski definition) is 9. The largest absolute Gasteiger partial charge is 0.477 e. The number of thiocarbonyl (C=S) groups is 1. The number of aryl methyl sites for hydroxylation is 1. The van der Waals surface area contributed by atoms with E-state index in [0.717, 1.165) is 0 Å². The van der Waals surface area contributed by atoms with Crippen molar-refractivity contribution in [1.82, 2.24) is 24.8 Å². The molecule has 1 fully saturated rings. The van der Waals surface area contributed by atoms with Crippen LogP contribution in [0.2, 0.25) is 0 Å². The second kappa shape index (κ2) is 11.3. The summed E-state index contributed by atoms with van der Waals surface area (Å²) in [7, 11) is 0. The van der Waals surface area contributed by atoms with Crippen LogP contribution in [0.15, 0.2) is 41.5 Å². The summed E-state index contributed by atoms with van der Waals surface area (Å²) >= 11 is 5.44. The van der Waals surface area contributed by atoms with E-state index in [4.69, 9.17) is 17.0 Å². The summed E-state index contributed by atoms with van der Waals surface area (Å²) in [4.78, 5) is 61.0. The summed E-state index contributed by atoms with van der Waals surface area (Å²) in [6.45, 7) is 6.28. The molecule has 3 aromatic rings. The number of aromatic nitrogens is 3. The lowest BCUT2D eigenvalue weighted by molar-refractivity contribution is 0.0525. The van der Waals surface area contributed by atoms with Gasteiger partial charge < -0.3 is 24.2 Å². The third kappa shape index (κ3) is 5.47. The third-order valence-electron chi connectivity index (χ3n) is 6.10. The van der Waals surface area contributed by atoms with E-state index in [2.05, 4.69) is 15.3 Å². The number of nitrogens with one attached hydrogen (secondary N) is 1.